The number of hydrogen-bond donors (Lipinski definition) is 2. The maximum Gasteiger partial charge on any atom is 0.172 e. The molecule has 2 N–H and O–H groups in total. The Labute approximate surface area is 132 Å². The van der Waals surface area contributed by atoms with E-state index in [9.17, 15) is 10.2 Å². The van der Waals surface area contributed by atoms with E-state index < -0.39 is 6.10 Å². The van der Waals surface area contributed by atoms with Gasteiger partial charge in [0.05, 0.1) is 16.0 Å². The number of halogens is 1. The molecule has 1 aromatic carbocycles. The Morgan fingerprint density at radius 2 is 2.29 bits per heavy atom. The molecule has 1 unspecified atom stereocenters. The molecule has 0 saturated carbocycles. The van der Waals surface area contributed by atoms with Gasteiger partial charge >= 0.3 is 0 Å². The number of phenols is 1. The molecule has 0 radical (unpaired) electrons. The SMILES string of the molecule is CN1CC[C@@]23C=C[C@H](O)CC2Oc2c(O)c(Br)cc(c23)C1. The molecule has 1 aliphatic carbocycles. The van der Waals surface area contributed by atoms with Crippen LogP contribution >= 0.6 is 15.9 Å². The lowest BCUT2D eigenvalue weighted by molar-refractivity contribution is 0.0821. The van der Waals surface area contributed by atoms with Gasteiger partial charge in [-0.1, -0.05) is 12.2 Å². The van der Waals surface area contributed by atoms with Crippen LogP contribution in [0.2, 0.25) is 0 Å². The van der Waals surface area contributed by atoms with Crippen molar-refractivity contribution in [2.45, 2.75) is 37.0 Å². The fraction of sp³-hybridized carbons (Fsp3) is 0.500. The summed E-state index contributed by atoms with van der Waals surface area (Å²) in [6.45, 7) is 1.81. The van der Waals surface area contributed by atoms with Crippen LogP contribution in [0.5, 0.6) is 11.5 Å². The molecule has 5 heteroatoms. The summed E-state index contributed by atoms with van der Waals surface area (Å²) in [5.74, 6) is 0.772. The van der Waals surface area contributed by atoms with E-state index in [-0.39, 0.29) is 17.3 Å². The summed E-state index contributed by atoms with van der Waals surface area (Å²) in [5, 5.41) is 20.3. The fourth-order valence-electron chi connectivity index (χ4n) is 3.97. The van der Waals surface area contributed by atoms with E-state index >= 15 is 0 Å². The van der Waals surface area contributed by atoms with Crippen molar-refractivity contribution in [2.24, 2.45) is 0 Å². The van der Waals surface area contributed by atoms with Gasteiger partial charge in [0.2, 0.25) is 0 Å². The minimum atomic E-state index is -0.468. The van der Waals surface area contributed by atoms with E-state index in [0.717, 1.165) is 25.1 Å². The number of hydrogen-bond acceptors (Lipinski definition) is 4. The van der Waals surface area contributed by atoms with Crippen LogP contribution in [-0.2, 0) is 12.0 Å². The first kappa shape index (κ1) is 13.6. The minimum absolute atomic E-state index is 0.0991. The van der Waals surface area contributed by atoms with Crippen molar-refractivity contribution in [3.63, 3.8) is 0 Å². The lowest BCUT2D eigenvalue weighted by atomic mass is 9.69. The monoisotopic (exact) mass is 351 g/mol. The van der Waals surface area contributed by atoms with Crippen LogP contribution in [0.3, 0.4) is 0 Å². The fourth-order valence-corrected chi connectivity index (χ4v) is 4.43. The molecule has 0 bridgehead atoms. The summed E-state index contributed by atoms with van der Waals surface area (Å²) in [6.07, 6.45) is 4.93. The summed E-state index contributed by atoms with van der Waals surface area (Å²) in [5.41, 5.74) is 2.09. The number of phenolic OH excluding ortho intramolecular Hbond substituents is 1. The largest absolute Gasteiger partial charge is 0.503 e. The summed E-state index contributed by atoms with van der Waals surface area (Å²) >= 11 is 3.42. The molecule has 4 rings (SSSR count). The van der Waals surface area contributed by atoms with Gasteiger partial charge < -0.3 is 19.8 Å². The van der Waals surface area contributed by atoms with Gasteiger partial charge in [0.25, 0.3) is 0 Å². The van der Waals surface area contributed by atoms with E-state index in [1.54, 1.807) is 0 Å². The number of rotatable bonds is 0. The van der Waals surface area contributed by atoms with Gasteiger partial charge in [-0.25, -0.2) is 0 Å². The highest BCUT2D eigenvalue weighted by Gasteiger charge is 2.52. The second-order valence-electron chi connectivity index (χ2n) is 6.37. The molecule has 1 aromatic rings. The minimum Gasteiger partial charge on any atom is -0.503 e. The van der Waals surface area contributed by atoms with Gasteiger partial charge in [-0.3, -0.25) is 0 Å². The van der Waals surface area contributed by atoms with Gasteiger partial charge in [-0.15, -0.1) is 0 Å². The topological polar surface area (TPSA) is 52.9 Å². The Morgan fingerprint density at radius 1 is 1.48 bits per heavy atom. The van der Waals surface area contributed by atoms with Crippen LogP contribution in [0, 0.1) is 0 Å². The van der Waals surface area contributed by atoms with Gasteiger partial charge in [0, 0.05) is 18.5 Å². The van der Waals surface area contributed by atoms with Crippen molar-refractivity contribution in [2.75, 3.05) is 13.6 Å². The van der Waals surface area contributed by atoms with Crippen LogP contribution in [0.4, 0.5) is 0 Å². The molecule has 0 amide bonds. The molecule has 21 heavy (non-hydrogen) atoms. The zero-order chi connectivity index (χ0) is 14.8. The van der Waals surface area contributed by atoms with Crippen LogP contribution in [0.15, 0.2) is 22.7 Å². The van der Waals surface area contributed by atoms with E-state index in [4.69, 9.17) is 4.74 Å². The average molecular weight is 352 g/mol. The van der Waals surface area contributed by atoms with Crippen molar-refractivity contribution in [3.05, 3.63) is 33.8 Å². The third-order valence-electron chi connectivity index (χ3n) is 5.01. The standard InChI is InChI=1S/C16H18BrNO3/c1-18-5-4-16-3-2-10(19)7-12(16)21-15-13(16)9(8-18)6-11(17)14(15)20/h2-3,6,10,12,19-20H,4-5,7-8H2,1H3/t10-,12?,16-/m0/s1. The number of nitrogens with zero attached hydrogens (tertiary/aromatic N) is 1. The van der Waals surface area contributed by atoms with Crippen LogP contribution in [-0.4, -0.2) is 40.9 Å². The molecule has 4 nitrogen and oxygen atoms in total. The highest BCUT2D eigenvalue weighted by atomic mass is 79.9. The van der Waals surface area contributed by atoms with E-state index in [2.05, 4.69) is 34.0 Å². The second-order valence-corrected chi connectivity index (χ2v) is 7.22. The lowest BCUT2D eigenvalue weighted by Crippen LogP contribution is -2.42. The lowest BCUT2D eigenvalue weighted by Gasteiger charge is -2.35. The summed E-state index contributed by atoms with van der Waals surface area (Å²) in [7, 11) is 2.11. The van der Waals surface area contributed by atoms with Gasteiger partial charge in [-0.2, -0.15) is 0 Å². The summed E-state index contributed by atoms with van der Waals surface area (Å²) < 4.78 is 6.76. The first-order valence-electron chi connectivity index (χ1n) is 7.29. The highest BCUT2D eigenvalue weighted by molar-refractivity contribution is 9.10. The van der Waals surface area contributed by atoms with Crippen molar-refractivity contribution in [1.29, 1.82) is 0 Å². The Hall–Kier alpha value is -1.04. The Morgan fingerprint density at radius 3 is 3.10 bits per heavy atom. The molecule has 3 aliphatic rings. The van der Waals surface area contributed by atoms with Crippen molar-refractivity contribution >= 4 is 15.9 Å². The molecule has 1 spiro atoms. The molecule has 2 heterocycles. The predicted octanol–water partition coefficient (Wildman–Crippen LogP) is 2.31. The van der Waals surface area contributed by atoms with Gasteiger partial charge in [-0.05, 0) is 47.6 Å². The maximum absolute atomic E-state index is 10.4. The summed E-state index contributed by atoms with van der Waals surface area (Å²) in [4.78, 5) is 2.29. The van der Waals surface area contributed by atoms with Crippen molar-refractivity contribution in [3.8, 4) is 11.5 Å². The molecule has 2 aliphatic heterocycles. The molecule has 0 aromatic heterocycles. The molecular weight excluding hydrogens is 334 g/mol. The maximum atomic E-state index is 10.4. The number of ether oxygens (including phenoxy) is 1. The number of benzene rings is 1. The zero-order valence-corrected chi connectivity index (χ0v) is 13.4. The number of aliphatic hydroxyl groups excluding tert-OH is 1. The summed E-state index contributed by atoms with van der Waals surface area (Å²) in [6, 6.07) is 2.00. The molecular formula is C16H18BrNO3. The Bertz CT molecular complexity index is 645. The van der Waals surface area contributed by atoms with Crippen molar-refractivity contribution in [1.82, 2.24) is 4.90 Å². The zero-order valence-electron chi connectivity index (χ0n) is 11.8. The third kappa shape index (κ3) is 1.81. The van der Waals surface area contributed by atoms with Crippen molar-refractivity contribution < 1.29 is 14.9 Å². The van der Waals surface area contributed by atoms with E-state index in [1.165, 1.54) is 5.56 Å². The first-order chi connectivity index (χ1) is 10.0. The van der Waals surface area contributed by atoms with E-state index in [0.29, 0.717) is 16.6 Å². The number of aliphatic hydroxyl groups is 1. The molecule has 3 atom stereocenters. The van der Waals surface area contributed by atoms with Crippen LogP contribution < -0.4 is 4.74 Å². The predicted molar refractivity (Wildman–Crippen MR) is 82.6 cm³/mol. The second kappa shape index (κ2) is 4.48. The molecule has 112 valence electrons. The van der Waals surface area contributed by atoms with Gasteiger partial charge in [0.1, 0.15) is 6.10 Å². The normalized spacial score (nSPS) is 34.0. The Kier molecular flexibility index (Phi) is 2.90. The average Bonchev–Trinajstić information content (AvgIpc) is 2.70. The van der Waals surface area contributed by atoms with Crippen LogP contribution in [0.25, 0.3) is 0 Å². The number of aromatic hydroxyl groups is 1. The molecule has 0 saturated heterocycles. The quantitative estimate of drug-likeness (QED) is 0.704. The molecule has 0 fully saturated rings. The third-order valence-corrected chi connectivity index (χ3v) is 5.61. The van der Waals surface area contributed by atoms with Crippen LogP contribution in [0.1, 0.15) is 24.0 Å². The Balaban J connectivity index is 1.99. The van der Waals surface area contributed by atoms with Gasteiger partial charge in [0.15, 0.2) is 11.5 Å². The first-order valence-corrected chi connectivity index (χ1v) is 8.08. The highest BCUT2D eigenvalue weighted by Crippen LogP contribution is 2.57. The van der Waals surface area contributed by atoms with E-state index in [1.807, 2.05) is 12.1 Å². The smallest absolute Gasteiger partial charge is 0.172 e.